The number of hydrogen-bond acceptors (Lipinski definition) is 6. The number of benzene rings is 1. The van der Waals surface area contributed by atoms with Crippen molar-refractivity contribution in [3.8, 4) is 0 Å². The lowest BCUT2D eigenvalue weighted by Crippen LogP contribution is -2.46. The summed E-state index contributed by atoms with van der Waals surface area (Å²) in [6.45, 7) is 8.34. The highest BCUT2D eigenvalue weighted by molar-refractivity contribution is 5.99. The molecule has 1 amide bonds. The first-order valence-electron chi connectivity index (χ1n) is 11.0. The second-order valence-electron chi connectivity index (χ2n) is 8.41. The van der Waals surface area contributed by atoms with Gasteiger partial charge in [-0.25, -0.2) is 4.98 Å². The Morgan fingerprint density at radius 3 is 2.65 bits per heavy atom. The summed E-state index contributed by atoms with van der Waals surface area (Å²) < 4.78 is 2.10. The standard InChI is InChI=1S/C23H29N7O/c1-4-19-15(2)28(3)22(31)20-13-16-14-25-23(27-21(16)30(19)20)26-17-5-7-18(8-6-17)29-11-9-24-10-12-29/h5-8,13-15,19,24H,4,9-12H2,1-3H3,(H,25,26,27). The van der Waals surface area contributed by atoms with E-state index in [2.05, 4.69) is 63.2 Å². The van der Waals surface area contributed by atoms with Crippen LogP contribution >= 0.6 is 0 Å². The molecule has 0 spiro atoms. The highest BCUT2D eigenvalue weighted by Crippen LogP contribution is 2.34. The summed E-state index contributed by atoms with van der Waals surface area (Å²) in [7, 11) is 1.87. The summed E-state index contributed by atoms with van der Waals surface area (Å²) in [5.41, 5.74) is 3.67. The number of nitrogens with one attached hydrogen (secondary N) is 2. The third kappa shape index (κ3) is 3.40. The first-order valence-corrected chi connectivity index (χ1v) is 11.0. The zero-order valence-corrected chi connectivity index (χ0v) is 18.3. The number of likely N-dealkylation sites (N-methyl/N-ethyl adjacent to an activating group) is 1. The molecule has 2 aliphatic rings. The Morgan fingerprint density at radius 2 is 1.94 bits per heavy atom. The maximum absolute atomic E-state index is 12.8. The normalized spacial score (nSPS) is 21.5. The third-order valence-electron chi connectivity index (χ3n) is 6.64. The first-order chi connectivity index (χ1) is 15.1. The van der Waals surface area contributed by atoms with Gasteiger partial charge >= 0.3 is 0 Å². The lowest BCUT2D eigenvalue weighted by Gasteiger charge is -2.38. The number of hydrogen-bond donors (Lipinski definition) is 2. The maximum Gasteiger partial charge on any atom is 0.270 e. The van der Waals surface area contributed by atoms with Crippen LogP contribution in [0.15, 0.2) is 36.5 Å². The van der Waals surface area contributed by atoms with Crippen LogP contribution in [-0.2, 0) is 0 Å². The van der Waals surface area contributed by atoms with E-state index in [1.54, 1.807) is 6.20 Å². The molecule has 2 N–H and O–H groups in total. The van der Waals surface area contributed by atoms with Gasteiger partial charge in [-0.2, -0.15) is 4.98 Å². The lowest BCUT2D eigenvalue weighted by molar-refractivity contribution is 0.0618. The SMILES string of the molecule is CCC1C(C)N(C)C(=O)c2cc3cnc(Nc4ccc(N5CCNCC5)cc4)nc3n21. The number of anilines is 3. The molecule has 1 aromatic carbocycles. The van der Waals surface area contributed by atoms with Crippen LogP contribution < -0.4 is 15.5 Å². The lowest BCUT2D eigenvalue weighted by atomic mass is 10.0. The van der Waals surface area contributed by atoms with E-state index in [1.807, 2.05) is 18.0 Å². The molecule has 3 aromatic rings. The topological polar surface area (TPSA) is 78.3 Å². The van der Waals surface area contributed by atoms with Crippen LogP contribution in [0.3, 0.4) is 0 Å². The summed E-state index contributed by atoms with van der Waals surface area (Å²) in [4.78, 5) is 26.3. The zero-order valence-electron chi connectivity index (χ0n) is 18.3. The molecule has 1 saturated heterocycles. The van der Waals surface area contributed by atoms with E-state index >= 15 is 0 Å². The van der Waals surface area contributed by atoms with Gasteiger partial charge in [0.1, 0.15) is 11.3 Å². The van der Waals surface area contributed by atoms with Gasteiger partial charge in [0, 0.05) is 62.2 Å². The molecule has 5 rings (SSSR count). The third-order valence-corrected chi connectivity index (χ3v) is 6.64. The molecular weight excluding hydrogens is 390 g/mol. The van der Waals surface area contributed by atoms with Crippen molar-refractivity contribution >= 4 is 34.3 Å². The van der Waals surface area contributed by atoms with Crippen LogP contribution in [0.25, 0.3) is 11.0 Å². The highest BCUT2D eigenvalue weighted by atomic mass is 16.2. The van der Waals surface area contributed by atoms with Gasteiger partial charge in [0.05, 0.1) is 6.04 Å². The number of aromatic nitrogens is 3. The van der Waals surface area contributed by atoms with E-state index < -0.39 is 0 Å². The second-order valence-corrected chi connectivity index (χ2v) is 8.41. The Bertz CT molecular complexity index is 1100. The molecule has 0 saturated carbocycles. The number of fused-ring (bicyclic) bond motifs is 3. The summed E-state index contributed by atoms with van der Waals surface area (Å²) in [6, 6.07) is 10.6. The van der Waals surface area contributed by atoms with Crippen LogP contribution in [0.4, 0.5) is 17.3 Å². The Labute approximate surface area is 182 Å². The van der Waals surface area contributed by atoms with Crippen molar-refractivity contribution in [2.45, 2.75) is 32.4 Å². The van der Waals surface area contributed by atoms with Crippen molar-refractivity contribution in [3.63, 3.8) is 0 Å². The average molecular weight is 420 g/mol. The second kappa shape index (κ2) is 7.85. The van der Waals surface area contributed by atoms with Gasteiger partial charge in [-0.15, -0.1) is 0 Å². The first kappa shape index (κ1) is 19.8. The van der Waals surface area contributed by atoms with Crippen molar-refractivity contribution in [3.05, 3.63) is 42.2 Å². The number of carbonyl (C=O) groups excluding carboxylic acids is 1. The fourth-order valence-corrected chi connectivity index (χ4v) is 4.74. The van der Waals surface area contributed by atoms with Crippen LogP contribution in [0.2, 0.25) is 0 Å². The fourth-order valence-electron chi connectivity index (χ4n) is 4.74. The van der Waals surface area contributed by atoms with Crippen LogP contribution in [0.1, 0.15) is 36.8 Å². The summed E-state index contributed by atoms with van der Waals surface area (Å²) in [5.74, 6) is 0.574. The van der Waals surface area contributed by atoms with Crippen LogP contribution in [-0.4, -0.2) is 64.6 Å². The molecule has 0 aliphatic carbocycles. The van der Waals surface area contributed by atoms with E-state index in [9.17, 15) is 4.79 Å². The molecule has 31 heavy (non-hydrogen) atoms. The zero-order chi connectivity index (χ0) is 21.5. The molecule has 8 heteroatoms. The Morgan fingerprint density at radius 1 is 1.19 bits per heavy atom. The van der Waals surface area contributed by atoms with Crippen molar-refractivity contribution in [2.24, 2.45) is 0 Å². The highest BCUT2D eigenvalue weighted by Gasteiger charge is 2.36. The molecule has 2 atom stereocenters. The largest absolute Gasteiger partial charge is 0.369 e. The van der Waals surface area contributed by atoms with E-state index in [0.29, 0.717) is 11.6 Å². The monoisotopic (exact) mass is 419 g/mol. The number of carbonyl (C=O) groups is 1. The summed E-state index contributed by atoms with van der Waals surface area (Å²) in [6.07, 6.45) is 2.73. The van der Waals surface area contributed by atoms with Gasteiger partial charge in [-0.05, 0) is 43.7 Å². The molecule has 0 radical (unpaired) electrons. The quantitative estimate of drug-likeness (QED) is 0.677. The van der Waals surface area contributed by atoms with Crippen molar-refractivity contribution < 1.29 is 4.79 Å². The molecular formula is C23H29N7O. The molecule has 8 nitrogen and oxygen atoms in total. The van der Waals surface area contributed by atoms with Gasteiger partial charge in [-0.1, -0.05) is 6.92 Å². The predicted octanol–water partition coefficient (Wildman–Crippen LogP) is 3.01. The van der Waals surface area contributed by atoms with Gasteiger partial charge in [0.2, 0.25) is 5.95 Å². The van der Waals surface area contributed by atoms with Gasteiger partial charge < -0.3 is 25.0 Å². The van der Waals surface area contributed by atoms with E-state index in [1.165, 1.54) is 5.69 Å². The smallest absolute Gasteiger partial charge is 0.270 e. The molecule has 0 bridgehead atoms. The van der Waals surface area contributed by atoms with Crippen molar-refractivity contribution in [2.75, 3.05) is 43.4 Å². The van der Waals surface area contributed by atoms with Crippen LogP contribution in [0.5, 0.6) is 0 Å². The number of nitrogens with zero attached hydrogens (tertiary/aromatic N) is 5. The Balaban J connectivity index is 1.44. The molecule has 162 valence electrons. The minimum absolute atomic E-state index is 0.0354. The van der Waals surface area contributed by atoms with E-state index in [0.717, 1.165) is 49.3 Å². The van der Waals surface area contributed by atoms with Crippen molar-refractivity contribution in [1.82, 2.24) is 24.8 Å². The van der Waals surface area contributed by atoms with E-state index in [-0.39, 0.29) is 18.0 Å². The molecule has 4 heterocycles. The summed E-state index contributed by atoms with van der Waals surface area (Å²) >= 11 is 0. The maximum atomic E-state index is 12.8. The predicted molar refractivity (Wildman–Crippen MR) is 123 cm³/mol. The van der Waals surface area contributed by atoms with Gasteiger partial charge in [0.25, 0.3) is 5.91 Å². The number of rotatable bonds is 4. The number of amides is 1. The minimum atomic E-state index is 0.0354. The average Bonchev–Trinajstić information content (AvgIpc) is 3.18. The van der Waals surface area contributed by atoms with Gasteiger partial charge in [0.15, 0.2) is 0 Å². The fraction of sp³-hybridized carbons (Fsp3) is 0.435. The Kier molecular flexibility index (Phi) is 5.02. The van der Waals surface area contributed by atoms with Crippen LogP contribution in [0, 0.1) is 0 Å². The summed E-state index contributed by atoms with van der Waals surface area (Å²) in [5, 5.41) is 7.60. The van der Waals surface area contributed by atoms with Crippen molar-refractivity contribution in [1.29, 1.82) is 0 Å². The van der Waals surface area contributed by atoms with E-state index in [4.69, 9.17) is 4.98 Å². The number of piperazine rings is 1. The molecule has 2 unspecified atom stereocenters. The minimum Gasteiger partial charge on any atom is -0.369 e. The molecule has 2 aliphatic heterocycles. The molecule has 1 fully saturated rings. The van der Waals surface area contributed by atoms with Gasteiger partial charge in [-0.3, -0.25) is 4.79 Å². The molecule has 2 aromatic heterocycles. The Hall–Kier alpha value is -3.13.